The third-order valence-electron chi connectivity index (χ3n) is 9.56. The number of pyridine rings is 1. The fourth-order valence-corrected chi connectivity index (χ4v) is 7.92. The van der Waals surface area contributed by atoms with Gasteiger partial charge in [0, 0.05) is 41.5 Å². The van der Waals surface area contributed by atoms with Crippen LogP contribution in [0.1, 0.15) is 15.2 Å². The Bertz CT molecular complexity index is 2940. The molecule has 0 aliphatic heterocycles. The van der Waals surface area contributed by atoms with Crippen molar-refractivity contribution in [3.8, 4) is 50.6 Å². The van der Waals surface area contributed by atoms with E-state index in [1.165, 1.54) is 54.9 Å². The van der Waals surface area contributed by atoms with Gasteiger partial charge in [0.2, 0.25) is 0 Å². The summed E-state index contributed by atoms with van der Waals surface area (Å²) < 4.78 is 25.3. The SMILES string of the molecule is Cc1cc(-c2ccccc2)c(-n2c(-c3[c-]sc4cc5ccccc5cc34)nc3ccccc32)c(-c2ccccc2)c1.[2H]C([2H])([2H])c1ccc(-c2[c-]cccc2)nc1.[Ir]. The van der Waals surface area contributed by atoms with Gasteiger partial charge in [-0.25, -0.2) is 0 Å². The van der Waals surface area contributed by atoms with E-state index in [2.05, 4.69) is 161 Å². The number of imidazole rings is 1. The van der Waals surface area contributed by atoms with Crippen LogP contribution in [0.4, 0.5) is 0 Å². The molecule has 55 heavy (non-hydrogen) atoms. The number of fused-ring (bicyclic) bond motifs is 3. The van der Waals surface area contributed by atoms with Gasteiger partial charge in [-0.1, -0.05) is 137 Å². The summed E-state index contributed by atoms with van der Waals surface area (Å²) in [6.45, 7) is 0.0901. The summed E-state index contributed by atoms with van der Waals surface area (Å²) >= 11 is 1.66. The average molecular weight is 905 g/mol. The normalized spacial score (nSPS) is 12.0. The minimum absolute atomic E-state index is 0. The standard InChI is InChI=1S/C38H25N2S.C12H10N.Ir/c1-25-20-30(26-12-4-2-5-13-26)37(31(21-25)27-14-6-3-7-15-27)40-35-19-11-10-18-34(35)39-38(40)33-24-41-36-23-29-17-9-8-16-28(29)22-32(33)36;1-10-7-8-12(13-9-10)11-5-3-2-4-6-11;/h2-23H,1H3;2-5,7-9H,1H3;/q2*-1;/i;1D3;. The molecule has 0 spiro atoms. The van der Waals surface area contributed by atoms with Gasteiger partial charge in [-0.05, 0) is 76.8 Å². The van der Waals surface area contributed by atoms with E-state index in [0.717, 1.165) is 39.4 Å². The fraction of sp³-hybridized carbons (Fsp3) is 0.0400. The fourth-order valence-electron chi connectivity index (χ4n) is 7.05. The topological polar surface area (TPSA) is 30.7 Å². The van der Waals surface area contributed by atoms with Crippen LogP contribution in [-0.4, -0.2) is 14.5 Å². The molecule has 0 aliphatic carbocycles. The molecular weight excluding hydrogens is 867 g/mol. The molecule has 0 N–H and O–H groups in total. The van der Waals surface area contributed by atoms with Crippen molar-refractivity contribution in [3.05, 3.63) is 199 Å². The zero-order chi connectivity index (χ0) is 38.9. The van der Waals surface area contributed by atoms with E-state index in [-0.39, 0.29) is 25.7 Å². The molecule has 0 fully saturated rings. The van der Waals surface area contributed by atoms with Gasteiger partial charge in [-0.3, -0.25) is 16.3 Å². The van der Waals surface area contributed by atoms with Gasteiger partial charge in [0.1, 0.15) is 0 Å². The van der Waals surface area contributed by atoms with Crippen molar-refractivity contribution in [2.24, 2.45) is 0 Å². The van der Waals surface area contributed by atoms with E-state index < -0.39 is 6.85 Å². The molecule has 3 nitrogen and oxygen atoms in total. The average Bonchev–Trinajstić information content (AvgIpc) is 3.84. The molecule has 5 heteroatoms. The van der Waals surface area contributed by atoms with Crippen molar-refractivity contribution >= 4 is 43.2 Å². The Hall–Kier alpha value is -5.97. The van der Waals surface area contributed by atoms with Crippen LogP contribution in [0.15, 0.2) is 176 Å². The number of benzene rings is 7. The quantitative estimate of drug-likeness (QED) is 0.161. The number of nitrogens with zero attached hydrogens (tertiary/aromatic N) is 3. The third kappa shape index (κ3) is 7.18. The molecule has 7 aromatic carbocycles. The van der Waals surface area contributed by atoms with Crippen molar-refractivity contribution in [3.63, 3.8) is 0 Å². The summed E-state index contributed by atoms with van der Waals surface area (Å²) in [5.41, 5.74) is 12.0. The van der Waals surface area contributed by atoms with E-state index in [4.69, 9.17) is 9.10 Å². The second kappa shape index (κ2) is 15.8. The first-order valence-electron chi connectivity index (χ1n) is 19.3. The summed E-state index contributed by atoms with van der Waals surface area (Å²) in [5, 5.41) is 7.31. The number of para-hydroxylation sites is 2. The number of thiophene rings is 1. The van der Waals surface area contributed by atoms with Crippen LogP contribution in [0.25, 0.3) is 82.5 Å². The van der Waals surface area contributed by atoms with Crippen LogP contribution in [0.3, 0.4) is 0 Å². The number of aromatic nitrogens is 3. The van der Waals surface area contributed by atoms with Crippen molar-refractivity contribution < 1.29 is 24.2 Å². The van der Waals surface area contributed by atoms with Gasteiger partial charge in [0.05, 0.1) is 22.5 Å². The van der Waals surface area contributed by atoms with Gasteiger partial charge >= 0.3 is 0 Å². The first-order valence-corrected chi connectivity index (χ1v) is 18.6. The Morgan fingerprint density at radius 1 is 0.655 bits per heavy atom. The van der Waals surface area contributed by atoms with Crippen LogP contribution >= 0.6 is 11.3 Å². The van der Waals surface area contributed by atoms with Crippen LogP contribution in [0, 0.1) is 25.2 Å². The second-order valence-corrected chi connectivity index (χ2v) is 14.0. The Kier molecular flexibility index (Phi) is 9.32. The Labute approximate surface area is 343 Å². The largest absolute Gasteiger partial charge is 0.332 e. The number of aryl methyl sites for hydroxylation is 2. The summed E-state index contributed by atoms with van der Waals surface area (Å²) in [4.78, 5) is 9.42. The van der Waals surface area contributed by atoms with Crippen molar-refractivity contribution in [2.75, 3.05) is 0 Å². The van der Waals surface area contributed by atoms with E-state index in [1.54, 1.807) is 29.5 Å². The Morgan fingerprint density at radius 2 is 1.31 bits per heavy atom. The summed E-state index contributed by atoms with van der Waals surface area (Å²) in [6.07, 6.45) is 1.39. The zero-order valence-corrected chi connectivity index (χ0v) is 33.0. The molecule has 0 saturated heterocycles. The molecule has 0 unspecified atom stereocenters. The molecule has 3 heterocycles. The summed E-state index contributed by atoms with van der Waals surface area (Å²) in [5.74, 6) is 0.908. The van der Waals surface area contributed by atoms with Gasteiger partial charge in [0.15, 0.2) is 0 Å². The van der Waals surface area contributed by atoms with Crippen LogP contribution in [0.5, 0.6) is 0 Å². The van der Waals surface area contributed by atoms with Crippen molar-refractivity contribution in [2.45, 2.75) is 13.8 Å². The molecule has 0 aliphatic rings. The maximum Gasteiger partial charge on any atom is 0.0774 e. The van der Waals surface area contributed by atoms with Crippen LogP contribution < -0.4 is 0 Å². The molecule has 3 aromatic heterocycles. The number of hydrogen-bond acceptors (Lipinski definition) is 3. The van der Waals surface area contributed by atoms with E-state index >= 15 is 0 Å². The van der Waals surface area contributed by atoms with E-state index in [0.29, 0.717) is 0 Å². The van der Waals surface area contributed by atoms with Gasteiger partial charge in [-0.2, -0.15) is 0 Å². The minimum atomic E-state index is -2.09. The molecule has 0 amide bonds. The molecule has 10 aromatic rings. The molecule has 267 valence electrons. The molecular formula is C50H35IrN3S-2. The third-order valence-corrected chi connectivity index (χ3v) is 10.4. The second-order valence-electron chi connectivity index (χ2n) is 13.2. The first-order chi connectivity index (χ1) is 27.8. The predicted molar refractivity (Wildman–Crippen MR) is 227 cm³/mol. The first kappa shape index (κ1) is 32.5. The smallest absolute Gasteiger partial charge is 0.0774 e. The van der Waals surface area contributed by atoms with Gasteiger partial charge in [0.25, 0.3) is 0 Å². The van der Waals surface area contributed by atoms with Crippen LogP contribution in [-0.2, 0) is 20.1 Å². The molecule has 0 atom stereocenters. The maximum atomic E-state index is 7.23. The van der Waals surface area contributed by atoms with Crippen molar-refractivity contribution in [1.29, 1.82) is 0 Å². The number of hydrogen-bond donors (Lipinski definition) is 0. The van der Waals surface area contributed by atoms with Gasteiger partial charge < -0.3 is 9.55 Å². The monoisotopic (exact) mass is 905 g/mol. The maximum absolute atomic E-state index is 7.23. The predicted octanol–water partition coefficient (Wildman–Crippen LogP) is 13.4. The summed E-state index contributed by atoms with van der Waals surface area (Å²) in [7, 11) is 0. The summed E-state index contributed by atoms with van der Waals surface area (Å²) in [6, 6.07) is 61.4. The zero-order valence-electron chi connectivity index (χ0n) is 32.8. The van der Waals surface area contributed by atoms with Crippen LogP contribution in [0.2, 0.25) is 0 Å². The molecule has 10 rings (SSSR count). The molecule has 0 saturated carbocycles. The number of rotatable bonds is 5. The van der Waals surface area contributed by atoms with Gasteiger partial charge in [-0.15, -0.1) is 41.3 Å². The van der Waals surface area contributed by atoms with Crippen molar-refractivity contribution in [1.82, 2.24) is 14.5 Å². The molecule has 0 bridgehead atoms. The van der Waals surface area contributed by atoms with E-state index in [1.807, 2.05) is 18.2 Å². The Morgan fingerprint density at radius 3 is 1.96 bits per heavy atom. The molecule has 1 radical (unpaired) electrons. The minimum Gasteiger partial charge on any atom is -0.332 e. The van der Waals surface area contributed by atoms with E-state index in [9.17, 15) is 0 Å². The Balaban J connectivity index is 0.000000233.